The first-order chi connectivity index (χ1) is 11.1. The summed E-state index contributed by atoms with van der Waals surface area (Å²) < 4.78 is 5.81. The van der Waals surface area contributed by atoms with E-state index in [0.717, 1.165) is 16.9 Å². The van der Waals surface area contributed by atoms with Crippen LogP contribution in [0, 0.1) is 0 Å². The van der Waals surface area contributed by atoms with E-state index in [1.54, 1.807) is 11.8 Å². The van der Waals surface area contributed by atoms with E-state index >= 15 is 0 Å². The number of carboxylic acid groups (broad SMARTS) is 1. The van der Waals surface area contributed by atoms with Gasteiger partial charge in [-0.2, -0.15) is 0 Å². The fourth-order valence-corrected chi connectivity index (χ4v) is 3.76. The number of benzene rings is 2. The van der Waals surface area contributed by atoms with E-state index in [-0.39, 0.29) is 5.37 Å². The third-order valence-electron chi connectivity index (χ3n) is 3.59. The Morgan fingerprint density at radius 2 is 2.13 bits per heavy atom. The standard InChI is InChI=1S/C17H16ClNO3S/c18-14-7-2-1-4-12(14)9-22-13-6-3-5-11(8-13)16-19-15(10-23-16)17(20)21/h1-8,15-16,19H,9-10H2,(H,20,21). The third-order valence-corrected chi connectivity index (χ3v) is 5.23. The SMILES string of the molecule is O=C(O)C1CSC(c2cccc(OCc3ccccc3Cl)c2)N1. The smallest absolute Gasteiger partial charge is 0.321 e. The van der Waals surface area contributed by atoms with Crippen molar-refractivity contribution in [1.82, 2.24) is 5.32 Å². The van der Waals surface area contributed by atoms with Gasteiger partial charge < -0.3 is 9.84 Å². The van der Waals surface area contributed by atoms with Gasteiger partial charge >= 0.3 is 5.97 Å². The maximum absolute atomic E-state index is 11.0. The molecule has 0 aromatic heterocycles. The molecule has 0 radical (unpaired) electrons. The fraction of sp³-hybridized carbons (Fsp3) is 0.235. The number of halogens is 1. The molecule has 1 fully saturated rings. The van der Waals surface area contributed by atoms with Gasteiger partial charge in [-0.25, -0.2) is 0 Å². The zero-order chi connectivity index (χ0) is 16.2. The highest BCUT2D eigenvalue weighted by atomic mass is 35.5. The molecular weight excluding hydrogens is 334 g/mol. The number of hydrogen-bond acceptors (Lipinski definition) is 4. The van der Waals surface area contributed by atoms with Crippen molar-refractivity contribution in [2.75, 3.05) is 5.75 Å². The minimum Gasteiger partial charge on any atom is -0.489 e. The normalized spacial score (nSPS) is 20.4. The molecule has 2 atom stereocenters. The molecule has 1 heterocycles. The number of nitrogens with one attached hydrogen (secondary N) is 1. The monoisotopic (exact) mass is 349 g/mol. The van der Waals surface area contributed by atoms with E-state index in [2.05, 4.69) is 5.32 Å². The molecule has 120 valence electrons. The molecule has 23 heavy (non-hydrogen) atoms. The highest BCUT2D eigenvalue weighted by molar-refractivity contribution is 7.99. The molecule has 0 aliphatic carbocycles. The molecule has 4 nitrogen and oxygen atoms in total. The summed E-state index contributed by atoms with van der Waals surface area (Å²) in [6.07, 6.45) is 0. The van der Waals surface area contributed by atoms with Crippen LogP contribution in [0.1, 0.15) is 16.5 Å². The summed E-state index contributed by atoms with van der Waals surface area (Å²) in [6.45, 7) is 0.395. The first-order valence-corrected chi connectivity index (χ1v) is 8.63. The third kappa shape index (κ3) is 3.99. The largest absolute Gasteiger partial charge is 0.489 e. The minimum atomic E-state index is -0.814. The first kappa shape index (κ1) is 16.2. The van der Waals surface area contributed by atoms with Gasteiger partial charge in [0, 0.05) is 16.3 Å². The van der Waals surface area contributed by atoms with Gasteiger partial charge in [0.25, 0.3) is 0 Å². The average molecular weight is 350 g/mol. The Morgan fingerprint density at radius 3 is 2.87 bits per heavy atom. The van der Waals surface area contributed by atoms with Crippen LogP contribution in [0.3, 0.4) is 0 Å². The number of hydrogen-bond donors (Lipinski definition) is 2. The number of rotatable bonds is 5. The number of carbonyl (C=O) groups is 1. The average Bonchev–Trinajstić information content (AvgIpc) is 3.05. The van der Waals surface area contributed by atoms with Crippen LogP contribution in [0.4, 0.5) is 0 Å². The second-order valence-corrected chi connectivity index (χ2v) is 6.77. The van der Waals surface area contributed by atoms with Crippen LogP contribution in [0.5, 0.6) is 5.75 Å². The van der Waals surface area contributed by atoms with Gasteiger partial charge in [0.15, 0.2) is 0 Å². The first-order valence-electron chi connectivity index (χ1n) is 7.20. The molecule has 2 N–H and O–H groups in total. The quantitative estimate of drug-likeness (QED) is 0.861. The zero-order valence-electron chi connectivity index (χ0n) is 12.2. The molecule has 2 unspecified atom stereocenters. The molecule has 0 spiro atoms. The van der Waals surface area contributed by atoms with Gasteiger partial charge in [-0.15, -0.1) is 11.8 Å². The van der Waals surface area contributed by atoms with Crippen molar-refractivity contribution in [3.8, 4) is 5.75 Å². The van der Waals surface area contributed by atoms with Gasteiger partial charge in [0.1, 0.15) is 18.4 Å². The number of aliphatic carboxylic acids is 1. The molecule has 6 heteroatoms. The topological polar surface area (TPSA) is 58.6 Å². The molecular formula is C17H16ClNO3S. The van der Waals surface area contributed by atoms with E-state index in [1.165, 1.54) is 0 Å². The number of thioether (sulfide) groups is 1. The van der Waals surface area contributed by atoms with Crippen LogP contribution >= 0.6 is 23.4 Å². The molecule has 0 amide bonds. The number of ether oxygens (including phenoxy) is 1. The molecule has 1 saturated heterocycles. The molecule has 1 aliphatic rings. The lowest BCUT2D eigenvalue weighted by atomic mass is 10.2. The van der Waals surface area contributed by atoms with Crippen molar-refractivity contribution in [3.63, 3.8) is 0 Å². The highest BCUT2D eigenvalue weighted by Crippen LogP contribution is 2.34. The Kier molecular flexibility index (Phi) is 5.10. The van der Waals surface area contributed by atoms with Crippen LogP contribution in [-0.4, -0.2) is 22.9 Å². The van der Waals surface area contributed by atoms with Crippen LogP contribution in [0.25, 0.3) is 0 Å². The minimum absolute atomic E-state index is 0.0278. The second-order valence-electron chi connectivity index (χ2n) is 5.22. The van der Waals surface area contributed by atoms with Gasteiger partial charge in [-0.1, -0.05) is 41.9 Å². The molecule has 1 aliphatic heterocycles. The molecule has 2 aromatic rings. The Hall–Kier alpha value is -1.69. The summed E-state index contributed by atoms with van der Waals surface area (Å²) in [7, 11) is 0. The summed E-state index contributed by atoms with van der Waals surface area (Å²) in [6, 6.07) is 14.8. The number of carboxylic acids is 1. The van der Waals surface area contributed by atoms with Crippen molar-refractivity contribution < 1.29 is 14.6 Å². The molecule has 0 saturated carbocycles. The Labute approximate surface area is 143 Å². The summed E-state index contributed by atoms with van der Waals surface area (Å²) >= 11 is 7.71. The van der Waals surface area contributed by atoms with E-state index in [1.807, 2.05) is 48.5 Å². The molecule has 3 rings (SSSR count). The maximum Gasteiger partial charge on any atom is 0.321 e. The predicted molar refractivity (Wildman–Crippen MR) is 92.0 cm³/mol. The van der Waals surface area contributed by atoms with Crippen molar-refractivity contribution >= 4 is 29.3 Å². The lowest BCUT2D eigenvalue weighted by Gasteiger charge is -2.13. The lowest BCUT2D eigenvalue weighted by Crippen LogP contribution is -2.33. The Balaban J connectivity index is 1.66. The van der Waals surface area contributed by atoms with Crippen LogP contribution in [-0.2, 0) is 11.4 Å². The Morgan fingerprint density at radius 1 is 1.30 bits per heavy atom. The van der Waals surface area contributed by atoms with Crippen LogP contribution in [0.2, 0.25) is 5.02 Å². The highest BCUT2D eigenvalue weighted by Gasteiger charge is 2.30. The van der Waals surface area contributed by atoms with Crippen molar-refractivity contribution in [2.24, 2.45) is 0 Å². The van der Waals surface area contributed by atoms with Gasteiger partial charge in [0.2, 0.25) is 0 Å². The predicted octanol–water partition coefficient (Wildman–Crippen LogP) is 3.71. The maximum atomic E-state index is 11.0. The summed E-state index contributed by atoms with van der Waals surface area (Å²) in [5.41, 5.74) is 1.94. The zero-order valence-corrected chi connectivity index (χ0v) is 13.8. The van der Waals surface area contributed by atoms with Crippen LogP contribution < -0.4 is 10.1 Å². The van der Waals surface area contributed by atoms with E-state index < -0.39 is 12.0 Å². The molecule has 0 bridgehead atoms. The van der Waals surface area contributed by atoms with E-state index in [4.69, 9.17) is 21.4 Å². The van der Waals surface area contributed by atoms with Crippen molar-refractivity contribution in [3.05, 3.63) is 64.7 Å². The van der Waals surface area contributed by atoms with Crippen LogP contribution in [0.15, 0.2) is 48.5 Å². The van der Waals surface area contributed by atoms with Gasteiger partial charge in [-0.05, 0) is 23.8 Å². The summed E-state index contributed by atoms with van der Waals surface area (Å²) in [4.78, 5) is 11.0. The van der Waals surface area contributed by atoms with Crippen molar-refractivity contribution in [2.45, 2.75) is 18.0 Å². The summed E-state index contributed by atoms with van der Waals surface area (Å²) in [5.74, 6) is 0.486. The van der Waals surface area contributed by atoms with E-state index in [0.29, 0.717) is 17.4 Å². The molecule has 2 aromatic carbocycles. The van der Waals surface area contributed by atoms with Crippen molar-refractivity contribution in [1.29, 1.82) is 0 Å². The Bertz CT molecular complexity index is 710. The van der Waals surface area contributed by atoms with Gasteiger partial charge in [-0.3, -0.25) is 10.1 Å². The fourth-order valence-electron chi connectivity index (χ4n) is 2.35. The van der Waals surface area contributed by atoms with Gasteiger partial charge in [0.05, 0.1) is 5.37 Å². The van der Waals surface area contributed by atoms with E-state index in [9.17, 15) is 4.79 Å². The summed E-state index contributed by atoms with van der Waals surface area (Å²) in [5, 5.41) is 12.8. The second kappa shape index (κ2) is 7.25. The lowest BCUT2D eigenvalue weighted by molar-refractivity contribution is -0.138.